The third-order valence-corrected chi connectivity index (χ3v) is 8.78. The molecule has 0 amide bonds. The van der Waals surface area contributed by atoms with Gasteiger partial charge in [-0.2, -0.15) is 0 Å². The zero-order chi connectivity index (χ0) is 30.2. The zero-order valence-corrected chi connectivity index (χ0v) is 25.8. The SMILES string of the molecule is Cc1ccc2c(c1)c1cc3c4cc(C)ccc4n(-c4cccc(-c5ccccc5)n4)c3nc1n2-c1cccc(C(C)(C)C)c1. The van der Waals surface area contributed by atoms with Crippen molar-refractivity contribution in [1.82, 2.24) is 19.1 Å². The van der Waals surface area contributed by atoms with Crippen LogP contribution in [0.25, 0.3) is 66.6 Å². The van der Waals surface area contributed by atoms with E-state index in [2.05, 4.69) is 153 Å². The van der Waals surface area contributed by atoms with Gasteiger partial charge in [-0.1, -0.05) is 92.6 Å². The number of fused-ring (bicyclic) bond motifs is 6. The third-order valence-electron chi connectivity index (χ3n) is 8.78. The van der Waals surface area contributed by atoms with Crippen LogP contribution in [-0.2, 0) is 5.41 Å². The Morgan fingerprint density at radius 2 is 1.16 bits per heavy atom. The van der Waals surface area contributed by atoms with Gasteiger partial charge in [0.2, 0.25) is 0 Å². The molecule has 0 N–H and O–H groups in total. The van der Waals surface area contributed by atoms with Gasteiger partial charge in [0.15, 0.2) is 0 Å². The van der Waals surface area contributed by atoms with Gasteiger partial charge in [-0.25, -0.2) is 9.97 Å². The summed E-state index contributed by atoms with van der Waals surface area (Å²) in [6.07, 6.45) is 0. The van der Waals surface area contributed by atoms with E-state index in [-0.39, 0.29) is 5.41 Å². The van der Waals surface area contributed by atoms with Gasteiger partial charge in [0.05, 0.1) is 16.7 Å². The van der Waals surface area contributed by atoms with Crippen molar-refractivity contribution in [2.75, 3.05) is 0 Å². The van der Waals surface area contributed by atoms with E-state index in [4.69, 9.17) is 9.97 Å². The van der Waals surface area contributed by atoms with Crippen molar-refractivity contribution >= 4 is 43.9 Å². The predicted molar refractivity (Wildman–Crippen MR) is 184 cm³/mol. The number of benzene rings is 4. The minimum absolute atomic E-state index is 0.0335. The Balaban J connectivity index is 1.49. The van der Waals surface area contributed by atoms with Crippen LogP contribution < -0.4 is 0 Å². The van der Waals surface area contributed by atoms with E-state index in [9.17, 15) is 0 Å². The lowest BCUT2D eigenvalue weighted by molar-refractivity contribution is 0.590. The van der Waals surface area contributed by atoms with E-state index >= 15 is 0 Å². The molecule has 8 rings (SSSR count). The molecule has 0 bridgehead atoms. The summed E-state index contributed by atoms with van der Waals surface area (Å²) in [6, 6.07) is 41.3. The van der Waals surface area contributed by atoms with Crippen LogP contribution >= 0.6 is 0 Å². The minimum atomic E-state index is 0.0335. The minimum Gasteiger partial charge on any atom is -0.294 e. The Bertz CT molecular complexity index is 2380. The first-order valence-electron chi connectivity index (χ1n) is 15.3. The smallest absolute Gasteiger partial charge is 0.149 e. The second-order valence-corrected chi connectivity index (χ2v) is 13.0. The van der Waals surface area contributed by atoms with E-state index in [1.807, 2.05) is 6.07 Å². The maximum atomic E-state index is 5.54. The van der Waals surface area contributed by atoms with Gasteiger partial charge >= 0.3 is 0 Å². The second-order valence-electron chi connectivity index (χ2n) is 13.0. The molecule has 0 aliphatic rings. The topological polar surface area (TPSA) is 35.6 Å². The van der Waals surface area contributed by atoms with Gasteiger partial charge in [-0.05, 0) is 79.4 Å². The maximum absolute atomic E-state index is 5.54. The third kappa shape index (κ3) is 4.13. The summed E-state index contributed by atoms with van der Waals surface area (Å²) in [5, 5.41) is 4.69. The Morgan fingerprint density at radius 3 is 1.84 bits per heavy atom. The largest absolute Gasteiger partial charge is 0.294 e. The molecule has 0 saturated heterocycles. The first-order valence-corrected chi connectivity index (χ1v) is 15.3. The van der Waals surface area contributed by atoms with Crippen molar-refractivity contribution < 1.29 is 0 Å². The van der Waals surface area contributed by atoms with Crippen LogP contribution in [0.1, 0.15) is 37.5 Å². The molecular formula is C40H34N4. The van der Waals surface area contributed by atoms with Crippen molar-refractivity contribution in [2.24, 2.45) is 0 Å². The van der Waals surface area contributed by atoms with Crippen LogP contribution in [0.15, 0.2) is 115 Å². The fraction of sp³-hybridized carbons (Fsp3) is 0.150. The molecule has 0 atom stereocenters. The highest BCUT2D eigenvalue weighted by atomic mass is 15.1. The molecule has 44 heavy (non-hydrogen) atoms. The number of pyridine rings is 2. The second kappa shape index (κ2) is 9.65. The monoisotopic (exact) mass is 570 g/mol. The highest BCUT2D eigenvalue weighted by Gasteiger charge is 2.22. The molecule has 4 heterocycles. The Hall–Kier alpha value is -5.22. The van der Waals surface area contributed by atoms with Gasteiger partial charge in [-0.3, -0.25) is 9.13 Å². The Morgan fingerprint density at radius 1 is 0.523 bits per heavy atom. The molecule has 4 aromatic heterocycles. The first-order chi connectivity index (χ1) is 21.3. The normalized spacial score (nSPS) is 12.2. The number of hydrogen-bond donors (Lipinski definition) is 0. The lowest BCUT2D eigenvalue weighted by Gasteiger charge is -2.20. The number of nitrogens with zero attached hydrogens (tertiary/aromatic N) is 4. The van der Waals surface area contributed by atoms with Gasteiger partial charge in [0, 0.05) is 32.8 Å². The number of hydrogen-bond acceptors (Lipinski definition) is 2. The molecule has 0 radical (unpaired) electrons. The Kier molecular flexibility index (Phi) is 5.79. The molecule has 4 aromatic carbocycles. The summed E-state index contributed by atoms with van der Waals surface area (Å²) in [5.41, 5.74) is 11.1. The van der Waals surface area contributed by atoms with Crippen LogP contribution in [0.5, 0.6) is 0 Å². The molecule has 0 saturated carbocycles. The number of aromatic nitrogens is 4. The lowest BCUT2D eigenvalue weighted by atomic mass is 9.87. The van der Waals surface area contributed by atoms with Crippen LogP contribution in [-0.4, -0.2) is 19.1 Å². The molecule has 214 valence electrons. The van der Waals surface area contributed by atoms with Crippen molar-refractivity contribution in [2.45, 2.75) is 40.0 Å². The van der Waals surface area contributed by atoms with E-state index in [1.54, 1.807) is 0 Å². The summed E-state index contributed by atoms with van der Waals surface area (Å²) in [4.78, 5) is 10.7. The molecule has 0 spiro atoms. The first kappa shape index (κ1) is 26.4. The molecule has 0 fully saturated rings. The van der Waals surface area contributed by atoms with E-state index < -0.39 is 0 Å². The molecular weight excluding hydrogens is 536 g/mol. The number of rotatable bonds is 3. The van der Waals surface area contributed by atoms with Crippen LogP contribution in [0.2, 0.25) is 0 Å². The van der Waals surface area contributed by atoms with Gasteiger partial charge in [-0.15, -0.1) is 0 Å². The summed E-state index contributed by atoms with van der Waals surface area (Å²) in [6.45, 7) is 11.1. The maximum Gasteiger partial charge on any atom is 0.149 e. The summed E-state index contributed by atoms with van der Waals surface area (Å²) < 4.78 is 4.56. The van der Waals surface area contributed by atoms with E-state index in [0.29, 0.717) is 0 Å². The Labute approximate surface area is 257 Å². The van der Waals surface area contributed by atoms with Crippen molar-refractivity contribution in [3.63, 3.8) is 0 Å². The van der Waals surface area contributed by atoms with Crippen LogP contribution in [0.3, 0.4) is 0 Å². The van der Waals surface area contributed by atoms with Crippen molar-refractivity contribution in [1.29, 1.82) is 0 Å². The number of aryl methyl sites for hydroxylation is 2. The molecule has 8 aromatic rings. The molecule has 0 aliphatic carbocycles. The average Bonchev–Trinajstić information content (AvgIpc) is 3.51. The quantitative estimate of drug-likeness (QED) is 0.212. The molecule has 0 unspecified atom stereocenters. The summed E-state index contributed by atoms with van der Waals surface area (Å²) in [7, 11) is 0. The fourth-order valence-electron chi connectivity index (χ4n) is 6.50. The van der Waals surface area contributed by atoms with Gasteiger partial charge in [0.1, 0.15) is 17.1 Å². The molecule has 0 aliphatic heterocycles. The fourth-order valence-corrected chi connectivity index (χ4v) is 6.50. The lowest BCUT2D eigenvalue weighted by Crippen LogP contribution is -2.11. The average molecular weight is 571 g/mol. The van der Waals surface area contributed by atoms with Crippen molar-refractivity contribution in [3.8, 4) is 22.8 Å². The predicted octanol–water partition coefficient (Wildman–Crippen LogP) is 10.3. The highest BCUT2D eigenvalue weighted by molar-refractivity contribution is 6.16. The van der Waals surface area contributed by atoms with E-state index in [0.717, 1.165) is 55.9 Å². The molecule has 4 heteroatoms. The standard InChI is InChI=1S/C40H34N4/c1-25-17-19-35-30(21-25)32-24-33-31-22-26(2)18-20-36(31)44(37-16-10-15-34(41-37)27-11-7-6-8-12-27)39(33)42-38(32)43(35)29-14-9-13-28(23-29)40(3,4)5/h6-24H,1-5H3. The highest BCUT2D eigenvalue weighted by Crippen LogP contribution is 2.39. The van der Waals surface area contributed by atoms with Crippen LogP contribution in [0.4, 0.5) is 0 Å². The van der Waals surface area contributed by atoms with Crippen molar-refractivity contribution in [3.05, 3.63) is 132 Å². The van der Waals surface area contributed by atoms with Gasteiger partial charge < -0.3 is 0 Å². The zero-order valence-electron chi connectivity index (χ0n) is 25.8. The molecule has 4 nitrogen and oxygen atoms in total. The van der Waals surface area contributed by atoms with Gasteiger partial charge in [0.25, 0.3) is 0 Å². The summed E-state index contributed by atoms with van der Waals surface area (Å²) >= 11 is 0. The van der Waals surface area contributed by atoms with Crippen LogP contribution in [0, 0.1) is 13.8 Å². The van der Waals surface area contributed by atoms with E-state index in [1.165, 1.54) is 27.5 Å². The summed E-state index contributed by atoms with van der Waals surface area (Å²) in [5.74, 6) is 0.857.